The molecular weight excluding hydrogens is 330 g/mol. The maximum absolute atomic E-state index is 12.7. The number of piperidine rings is 1. The standard InChI is InChI=1S/C20H27N3O3/c1-17-9-12-21-23(17)14-10-19(24)22-13-6-11-20(15-22,25-2)16-26-18-7-4-3-5-8-18/h3-5,7-9,12H,6,10-11,13-16H2,1-2H3. The molecule has 1 unspecified atom stereocenters. The number of aryl methyl sites for hydroxylation is 2. The van der Waals surface area contributed by atoms with Crippen LogP contribution in [0.3, 0.4) is 0 Å². The molecule has 6 heteroatoms. The maximum Gasteiger partial charge on any atom is 0.224 e. The fourth-order valence-electron chi connectivity index (χ4n) is 3.38. The number of ether oxygens (including phenoxy) is 2. The molecule has 0 radical (unpaired) electrons. The van der Waals surface area contributed by atoms with E-state index in [1.807, 2.05) is 52.9 Å². The van der Waals surface area contributed by atoms with E-state index in [4.69, 9.17) is 9.47 Å². The first-order chi connectivity index (χ1) is 12.6. The molecule has 0 bridgehead atoms. The van der Waals surface area contributed by atoms with E-state index in [1.54, 1.807) is 13.3 Å². The van der Waals surface area contributed by atoms with Crippen molar-refractivity contribution in [3.8, 4) is 5.75 Å². The predicted molar refractivity (Wildman–Crippen MR) is 99.1 cm³/mol. The van der Waals surface area contributed by atoms with Crippen molar-refractivity contribution in [3.63, 3.8) is 0 Å². The Labute approximate surface area is 154 Å². The highest BCUT2D eigenvalue weighted by molar-refractivity contribution is 5.76. The van der Waals surface area contributed by atoms with Gasteiger partial charge < -0.3 is 14.4 Å². The van der Waals surface area contributed by atoms with Crippen LogP contribution in [-0.2, 0) is 16.1 Å². The van der Waals surface area contributed by atoms with Crippen molar-refractivity contribution in [3.05, 3.63) is 48.3 Å². The Balaban J connectivity index is 1.57. The molecule has 0 aliphatic carbocycles. The molecule has 1 aliphatic rings. The second-order valence-electron chi connectivity index (χ2n) is 6.85. The first-order valence-corrected chi connectivity index (χ1v) is 9.11. The lowest BCUT2D eigenvalue weighted by molar-refractivity contribution is -0.143. The van der Waals surface area contributed by atoms with Crippen LogP contribution in [0.2, 0.25) is 0 Å². The quantitative estimate of drug-likeness (QED) is 0.764. The lowest BCUT2D eigenvalue weighted by atomic mass is 9.93. The second kappa shape index (κ2) is 8.36. The molecule has 0 N–H and O–H groups in total. The number of aromatic nitrogens is 2. The second-order valence-corrected chi connectivity index (χ2v) is 6.85. The van der Waals surface area contributed by atoms with Gasteiger partial charge in [0.05, 0.1) is 6.54 Å². The third kappa shape index (κ3) is 4.43. The third-order valence-corrected chi connectivity index (χ3v) is 5.04. The van der Waals surface area contributed by atoms with Gasteiger partial charge in [0.25, 0.3) is 0 Å². The van der Waals surface area contributed by atoms with Crippen LogP contribution in [0.15, 0.2) is 42.6 Å². The largest absolute Gasteiger partial charge is 0.491 e. The number of nitrogens with zero attached hydrogens (tertiary/aromatic N) is 3. The highest BCUT2D eigenvalue weighted by Gasteiger charge is 2.38. The fourth-order valence-corrected chi connectivity index (χ4v) is 3.38. The molecule has 1 amide bonds. The third-order valence-electron chi connectivity index (χ3n) is 5.04. The van der Waals surface area contributed by atoms with E-state index in [0.717, 1.165) is 30.8 Å². The SMILES string of the molecule is COC1(COc2ccccc2)CCCN(C(=O)CCn2nccc2C)C1. The summed E-state index contributed by atoms with van der Waals surface area (Å²) in [7, 11) is 1.70. The number of likely N-dealkylation sites (tertiary alicyclic amines) is 1. The summed E-state index contributed by atoms with van der Waals surface area (Å²) in [6.07, 6.45) is 4.01. The number of benzene rings is 1. The molecular formula is C20H27N3O3. The smallest absolute Gasteiger partial charge is 0.224 e. The number of carbonyl (C=O) groups is 1. The minimum atomic E-state index is -0.453. The van der Waals surface area contributed by atoms with E-state index in [9.17, 15) is 4.79 Å². The van der Waals surface area contributed by atoms with Gasteiger partial charge in [-0.15, -0.1) is 0 Å². The number of hydrogen-bond donors (Lipinski definition) is 0. The van der Waals surface area contributed by atoms with Gasteiger partial charge in [0.1, 0.15) is 18.0 Å². The van der Waals surface area contributed by atoms with Gasteiger partial charge in [0.2, 0.25) is 5.91 Å². The molecule has 26 heavy (non-hydrogen) atoms. The molecule has 6 nitrogen and oxygen atoms in total. The van der Waals surface area contributed by atoms with E-state index in [1.165, 1.54) is 0 Å². The van der Waals surface area contributed by atoms with Gasteiger partial charge in [-0.3, -0.25) is 9.48 Å². The van der Waals surface area contributed by atoms with Crippen LogP contribution in [0.25, 0.3) is 0 Å². The molecule has 2 aromatic rings. The molecule has 3 rings (SSSR count). The molecule has 0 spiro atoms. The Morgan fingerprint density at radius 3 is 2.77 bits per heavy atom. The lowest BCUT2D eigenvalue weighted by Gasteiger charge is -2.41. The Morgan fingerprint density at radius 1 is 1.27 bits per heavy atom. The van der Waals surface area contributed by atoms with Gasteiger partial charge in [-0.25, -0.2) is 0 Å². The van der Waals surface area contributed by atoms with Crippen LogP contribution < -0.4 is 4.74 Å². The monoisotopic (exact) mass is 357 g/mol. The van der Waals surface area contributed by atoms with Gasteiger partial charge >= 0.3 is 0 Å². The zero-order chi connectivity index (χ0) is 18.4. The summed E-state index contributed by atoms with van der Waals surface area (Å²) in [6.45, 7) is 4.38. The van der Waals surface area contributed by atoms with Crippen LogP contribution in [-0.4, -0.2) is 53.0 Å². The minimum absolute atomic E-state index is 0.140. The molecule has 1 aliphatic heterocycles. The molecule has 1 atom stereocenters. The van der Waals surface area contributed by atoms with Crippen molar-refractivity contribution in [2.24, 2.45) is 0 Å². The highest BCUT2D eigenvalue weighted by atomic mass is 16.5. The molecule has 2 heterocycles. The van der Waals surface area contributed by atoms with E-state index >= 15 is 0 Å². The van der Waals surface area contributed by atoms with Gasteiger partial charge in [0, 0.05) is 38.5 Å². The molecule has 1 saturated heterocycles. The number of hydrogen-bond acceptors (Lipinski definition) is 4. The zero-order valence-corrected chi connectivity index (χ0v) is 15.6. The summed E-state index contributed by atoms with van der Waals surface area (Å²) in [4.78, 5) is 14.6. The summed E-state index contributed by atoms with van der Waals surface area (Å²) in [5.74, 6) is 0.960. The van der Waals surface area contributed by atoms with Crippen LogP contribution in [0.4, 0.5) is 0 Å². The lowest BCUT2D eigenvalue weighted by Crippen LogP contribution is -2.54. The topological polar surface area (TPSA) is 56.6 Å². The van der Waals surface area contributed by atoms with Crippen molar-refractivity contribution >= 4 is 5.91 Å². The fraction of sp³-hybridized carbons (Fsp3) is 0.500. The average molecular weight is 357 g/mol. The first kappa shape index (κ1) is 18.5. The van der Waals surface area contributed by atoms with Crippen molar-refractivity contribution < 1.29 is 14.3 Å². The average Bonchev–Trinajstić information content (AvgIpc) is 3.10. The van der Waals surface area contributed by atoms with Crippen LogP contribution in [0.1, 0.15) is 25.0 Å². The molecule has 1 aromatic heterocycles. The number of amides is 1. The van der Waals surface area contributed by atoms with Crippen molar-refractivity contribution in [2.45, 2.75) is 38.3 Å². The number of methoxy groups -OCH3 is 1. The molecule has 0 saturated carbocycles. The minimum Gasteiger partial charge on any atom is -0.491 e. The summed E-state index contributed by atoms with van der Waals surface area (Å²) in [6, 6.07) is 11.7. The Bertz CT molecular complexity index is 716. The van der Waals surface area contributed by atoms with E-state index in [0.29, 0.717) is 26.1 Å². The number of rotatable bonds is 7. The van der Waals surface area contributed by atoms with Crippen molar-refractivity contribution in [1.29, 1.82) is 0 Å². The zero-order valence-electron chi connectivity index (χ0n) is 15.6. The van der Waals surface area contributed by atoms with Gasteiger partial charge in [-0.2, -0.15) is 5.10 Å². The first-order valence-electron chi connectivity index (χ1n) is 9.11. The molecule has 1 aromatic carbocycles. The van der Waals surface area contributed by atoms with Crippen LogP contribution >= 0.6 is 0 Å². The summed E-state index contributed by atoms with van der Waals surface area (Å²) >= 11 is 0. The van der Waals surface area contributed by atoms with Gasteiger partial charge in [0.15, 0.2) is 0 Å². The number of carbonyl (C=O) groups excluding carboxylic acids is 1. The summed E-state index contributed by atoms with van der Waals surface area (Å²) < 4.78 is 13.6. The summed E-state index contributed by atoms with van der Waals surface area (Å²) in [5.41, 5.74) is 0.615. The van der Waals surface area contributed by atoms with Crippen molar-refractivity contribution in [1.82, 2.24) is 14.7 Å². The number of para-hydroxylation sites is 1. The maximum atomic E-state index is 12.7. The van der Waals surface area contributed by atoms with Gasteiger partial charge in [-0.1, -0.05) is 18.2 Å². The van der Waals surface area contributed by atoms with E-state index < -0.39 is 5.60 Å². The predicted octanol–water partition coefficient (Wildman–Crippen LogP) is 2.67. The van der Waals surface area contributed by atoms with Crippen LogP contribution in [0, 0.1) is 6.92 Å². The van der Waals surface area contributed by atoms with Crippen LogP contribution in [0.5, 0.6) is 5.75 Å². The highest BCUT2D eigenvalue weighted by Crippen LogP contribution is 2.26. The molecule has 1 fully saturated rings. The van der Waals surface area contributed by atoms with Crippen molar-refractivity contribution in [2.75, 3.05) is 26.8 Å². The molecule has 140 valence electrons. The Morgan fingerprint density at radius 2 is 2.08 bits per heavy atom. The van der Waals surface area contributed by atoms with Gasteiger partial charge in [-0.05, 0) is 38.0 Å². The summed E-state index contributed by atoms with van der Waals surface area (Å²) in [5, 5.41) is 4.24. The Kier molecular flexibility index (Phi) is 5.93. The van der Waals surface area contributed by atoms with E-state index in [-0.39, 0.29) is 5.91 Å². The Hall–Kier alpha value is -2.34. The van der Waals surface area contributed by atoms with E-state index in [2.05, 4.69) is 5.10 Å². The normalized spacial score (nSPS) is 20.2.